The van der Waals surface area contributed by atoms with Gasteiger partial charge in [0.25, 0.3) is 0 Å². The van der Waals surface area contributed by atoms with Gasteiger partial charge in [-0.05, 0) is 64.4 Å². The van der Waals surface area contributed by atoms with E-state index in [-0.39, 0.29) is 11.9 Å². The minimum atomic E-state index is 0.213. The van der Waals surface area contributed by atoms with Gasteiger partial charge < -0.3 is 9.80 Å². The lowest BCUT2D eigenvalue weighted by atomic mass is 10.2. The number of carbonyl (C=O) groups excluding carboxylic acids is 1. The summed E-state index contributed by atoms with van der Waals surface area (Å²) in [5.74, 6) is 0.240. The molecule has 5 heteroatoms. The van der Waals surface area contributed by atoms with Crippen molar-refractivity contribution in [1.82, 2.24) is 14.7 Å². The Kier molecular flexibility index (Phi) is 7.59. The second-order valence-corrected chi connectivity index (χ2v) is 7.78. The average Bonchev–Trinajstić information content (AvgIpc) is 2.77. The van der Waals surface area contributed by atoms with Crippen molar-refractivity contribution >= 4 is 17.7 Å². The molecule has 0 atom stereocenters. The summed E-state index contributed by atoms with van der Waals surface area (Å²) in [6.07, 6.45) is 3.22. The molecule has 1 aliphatic rings. The summed E-state index contributed by atoms with van der Waals surface area (Å²) in [6.45, 7) is 9.61. The Morgan fingerprint density at radius 1 is 1.25 bits per heavy atom. The number of nitrogens with zero attached hydrogens (tertiary/aromatic N) is 3. The Bertz CT molecular complexity index is 535. The zero-order valence-corrected chi connectivity index (χ0v) is 16.3. The predicted molar refractivity (Wildman–Crippen MR) is 102 cm³/mol. The summed E-state index contributed by atoms with van der Waals surface area (Å²) in [5.41, 5.74) is 1.21. The molecule has 1 aliphatic heterocycles. The second-order valence-electron chi connectivity index (χ2n) is 6.90. The molecule has 2 rings (SSSR count). The summed E-state index contributed by atoms with van der Waals surface area (Å²) in [4.78, 5) is 20.8. The molecule has 1 fully saturated rings. The third kappa shape index (κ3) is 5.80. The molecule has 134 valence electrons. The Morgan fingerprint density at radius 3 is 2.75 bits per heavy atom. The smallest absolute Gasteiger partial charge is 0.237 e. The molecule has 0 unspecified atom stereocenters. The van der Waals surface area contributed by atoms with E-state index in [1.165, 1.54) is 10.5 Å². The molecule has 0 spiro atoms. The van der Waals surface area contributed by atoms with E-state index in [2.05, 4.69) is 61.2 Å². The van der Waals surface area contributed by atoms with E-state index >= 15 is 0 Å². The predicted octanol–water partition coefficient (Wildman–Crippen LogP) is 2.78. The van der Waals surface area contributed by atoms with Crippen molar-refractivity contribution < 1.29 is 4.79 Å². The summed E-state index contributed by atoms with van der Waals surface area (Å²) in [5, 5.41) is 0. The summed E-state index contributed by atoms with van der Waals surface area (Å²) < 4.78 is 0. The molecular weight excluding hydrogens is 318 g/mol. The van der Waals surface area contributed by atoms with Gasteiger partial charge in [0.1, 0.15) is 0 Å². The van der Waals surface area contributed by atoms with Crippen molar-refractivity contribution in [3.05, 3.63) is 29.8 Å². The molecule has 0 saturated carbocycles. The SMILES string of the molecule is CSc1cccc(CN(C(=O)CN2CCCN(C)CC2)C(C)C)c1. The largest absolute Gasteiger partial charge is 0.335 e. The van der Waals surface area contributed by atoms with Crippen LogP contribution in [0, 0.1) is 0 Å². The van der Waals surface area contributed by atoms with Gasteiger partial charge in [-0.25, -0.2) is 0 Å². The van der Waals surface area contributed by atoms with E-state index < -0.39 is 0 Å². The molecule has 0 aliphatic carbocycles. The van der Waals surface area contributed by atoms with E-state index in [0.29, 0.717) is 13.1 Å². The first-order chi connectivity index (χ1) is 11.5. The van der Waals surface area contributed by atoms with Crippen molar-refractivity contribution in [2.24, 2.45) is 0 Å². The molecule has 0 aromatic heterocycles. The highest BCUT2D eigenvalue weighted by atomic mass is 32.2. The normalized spacial score (nSPS) is 17.0. The second kappa shape index (κ2) is 9.44. The van der Waals surface area contributed by atoms with Crippen LogP contribution in [-0.4, -0.2) is 72.7 Å². The molecule has 0 N–H and O–H groups in total. The fraction of sp³-hybridized carbons (Fsp3) is 0.632. The molecular formula is C19H31N3OS. The zero-order chi connectivity index (χ0) is 17.5. The maximum absolute atomic E-state index is 12.9. The molecule has 1 aromatic carbocycles. The van der Waals surface area contributed by atoms with Crippen molar-refractivity contribution in [1.29, 1.82) is 0 Å². The number of hydrogen-bond donors (Lipinski definition) is 0. The molecule has 0 radical (unpaired) electrons. The topological polar surface area (TPSA) is 26.8 Å². The highest BCUT2D eigenvalue weighted by molar-refractivity contribution is 7.98. The minimum Gasteiger partial charge on any atom is -0.335 e. The Labute approximate surface area is 151 Å². The molecule has 1 heterocycles. The fourth-order valence-corrected chi connectivity index (χ4v) is 3.55. The Morgan fingerprint density at radius 2 is 2.04 bits per heavy atom. The van der Waals surface area contributed by atoms with Crippen LogP contribution in [0.15, 0.2) is 29.2 Å². The van der Waals surface area contributed by atoms with Gasteiger partial charge >= 0.3 is 0 Å². The van der Waals surface area contributed by atoms with Gasteiger partial charge in [-0.1, -0.05) is 12.1 Å². The number of amides is 1. The standard InChI is InChI=1S/C19H31N3OS/c1-16(2)22(14-17-7-5-8-18(13-17)24-4)19(23)15-21-10-6-9-20(3)11-12-21/h5,7-8,13,16H,6,9-12,14-15H2,1-4H3. The summed E-state index contributed by atoms with van der Waals surface area (Å²) >= 11 is 1.74. The van der Waals surface area contributed by atoms with Crippen molar-refractivity contribution in [2.75, 3.05) is 46.0 Å². The summed E-state index contributed by atoms with van der Waals surface area (Å²) in [7, 11) is 2.16. The molecule has 1 saturated heterocycles. The van der Waals surface area contributed by atoms with Crippen LogP contribution in [0.2, 0.25) is 0 Å². The van der Waals surface area contributed by atoms with Crippen LogP contribution in [0.4, 0.5) is 0 Å². The van der Waals surface area contributed by atoms with Crippen LogP contribution in [0.3, 0.4) is 0 Å². The van der Waals surface area contributed by atoms with Gasteiger partial charge in [0.2, 0.25) is 5.91 Å². The molecule has 24 heavy (non-hydrogen) atoms. The molecule has 1 amide bonds. The lowest BCUT2D eigenvalue weighted by molar-refractivity contribution is -0.134. The van der Waals surface area contributed by atoms with Crippen molar-refractivity contribution in [3.8, 4) is 0 Å². The third-order valence-electron chi connectivity index (χ3n) is 4.60. The van der Waals surface area contributed by atoms with Crippen LogP contribution >= 0.6 is 11.8 Å². The number of likely N-dealkylation sites (N-methyl/N-ethyl adjacent to an activating group) is 1. The number of thioether (sulfide) groups is 1. The van der Waals surface area contributed by atoms with E-state index in [0.717, 1.165) is 32.6 Å². The zero-order valence-electron chi connectivity index (χ0n) is 15.5. The lowest BCUT2D eigenvalue weighted by Crippen LogP contribution is -2.44. The monoisotopic (exact) mass is 349 g/mol. The first-order valence-corrected chi connectivity index (χ1v) is 10.1. The van der Waals surface area contributed by atoms with E-state index in [1.54, 1.807) is 11.8 Å². The van der Waals surface area contributed by atoms with Gasteiger partial charge in [-0.15, -0.1) is 11.8 Å². The number of rotatable bonds is 6. The van der Waals surface area contributed by atoms with Gasteiger partial charge in [0.05, 0.1) is 6.54 Å². The summed E-state index contributed by atoms with van der Waals surface area (Å²) in [6, 6.07) is 8.71. The fourth-order valence-electron chi connectivity index (χ4n) is 3.07. The first-order valence-electron chi connectivity index (χ1n) is 8.83. The number of benzene rings is 1. The Balaban J connectivity index is 1.99. The molecule has 0 bridgehead atoms. The van der Waals surface area contributed by atoms with E-state index in [1.807, 2.05) is 4.90 Å². The maximum Gasteiger partial charge on any atom is 0.237 e. The highest BCUT2D eigenvalue weighted by Crippen LogP contribution is 2.18. The van der Waals surface area contributed by atoms with Crippen LogP contribution in [0.5, 0.6) is 0 Å². The first kappa shape index (κ1) is 19.3. The van der Waals surface area contributed by atoms with Gasteiger partial charge in [0.15, 0.2) is 0 Å². The average molecular weight is 350 g/mol. The lowest BCUT2D eigenvalue weighted by Gasteiger charge is -2.30. The maximum atomic E-state index is 12.9. The Hall–Kier alpha value is -1.04. The third-order valence-corrected chi connectivity index (χ3v) is 5.33. The van der Waals surface area contributed by atoms with Gasteiger partial charge in [-0.2, -0.15) is 0 Å². The van der Waals surface area contributed by atoms with Crippen LogP contribution in [-0.2, 0) is 11.3 Å². The molecule has 4 nitrogen and oxygen atoms in total. The van der Waals surface area contributed by atoms with Crippen molar-refractivity contribution in [3.63, 3.8) is 0 Å². The van der Waals surface area contributed by atoms with E-state index in [4.69, 9.17) is 0 Å². The van der Waals surface area contributed by atoms with E-state index in [9.17, 15) is 4.79 Å². The highest BCUT2D eigenvalue weighted by Gasteiger charge is 2.21. The van der Waals surface area contributed by atoms with Crippen molar-refractivity contribution in [2.45, 2.75) is 37.8 Å². The molecule has 1 aromatic rings. The minimum absolute atomic E-state index is 0.213. The van der Waals surface area contributed by atoms with Gasteiger partial charge in [-0.3, -0.25) is 9.69 Å². The number of hydrogen-bond acceptors (Lipinski definition) is 4. The van der Waals surface area contributed by atoms with Crippen LogP contribution < -0.4 is 0 Å². The van der Waals surface area contributed by atoms with Gasteiger partial charge in [0, 0.05) is 30.6 Å². The van der Waals surface area contributed by atoms with Crippen LogP contribution in [0.1, 0.15) is 25.8 Å². The quantitative estimate of drug-likeness (QED) is 0.738. The van der Waals surface area contributed by atoms with Crippen LogP contribution in [0.25, 0.3) is 0 Å². The number of carbonyl (C=O) groups is 1.